The molecule has 6 nitrogen and oxygen atoms in total. The van der Waals surface area contributed by atoms with Crippen molar-refractivity contribution in [2.75, 3.05) is 13.1 Å². The van der Waals surface area contributed by atoms with Crippen LogP contribution in [0.1, 0.15) is 132 Å². The van der Waals surface area contributed by atoms with Crippen LogP contribution in [-0.4, -0.2) is 46.5 Å². The molecule has 8 heteroatoms. The average molecular weight is 679 g/mol. The Labute approximate surface area is 292 Å². The molecular formula is C42H44F2N2O4. The number of carbonyl (C=O) groups excluding carboxylic acids is 4. The topological polar surface area (TPSA) is 74.8 Å². The summed E-state index contributed by atoms with van der Waals surface area (Å²) in [5.41, 5.74) is 2.69. The number of rotatable bonds is 16. The van der Waals surface area contributed by atoms with Crippen molar-refractivity contribution in [3.63, 3.8) is 0 Å². The van der Waals surface area contributed by atoms with Crippen molar-refractivity contribution in [2.45, 2.75) is 90.9 Å². The van der Waals surface area contributed by atoms with Gasteiger partial charge in [0.2, 0.25) is 0 Å². The van der Waals surface area contributed by atoms with E-state index in [4.69, 9.17) is 0 Å². The monoisotopic (exact) mass is 678 g/mol. The first-order valence-electron chi connectivity index (χ1n) is 18.2. The molecule has 0 saturated heterocycles. The summed E-state index contributed by atoms with van der Waals surface area (Å²) in [6.07, 6.45) is 11.6. The Bertz CT molecular complexity index is 1790. The molecule has 0 atom stereocenters. The van der Waals surface area contributed by atoms with Gasteiger partial charge in [-0.05, 0) is 71.5 Å². The van der Waals surface area contributed by atoms with E-state index in [2.05, 4.69) is 13.8 Å². The van der Waals surface area contributed by atoms with Crippen molar-refractivity contribution in [3.8, 4) is 22.3 Å². The Morgan fingerprint density at radius 2 is 0.780 bits per heavy atom. The quantitative estimate of drug-likeness (QED) is 0.0873. The van der Waals surface area contributed by atoms with Crippen LogP contribution >= 0.6 is 0 Å². The lowest BCUT2D eigenvalue weighted by Crippen LogP contribution is -2.44. The van der Waals surface area contributed by atoms with Crippen LogP contribution in [0.25, 0.3) is 33.0 Å². The van der Waals surface area contributed by atoms with Gasteiger partial charge in [-0.1, -0.05) is 102 Å². The number of carbonyl (C=O) groups is 4. The minimum absolute atomic E-state index is 0.207. The molecule has 0 fully saturated rings. The molecule has 0 unspecified atom stereocenters. The molecule has 0 saturated carbocycles. The van der Waals surface area contributed by atoms with Gasteiger partial charge in [0.25, 0.3) is 23.6 Å². The van der Waals surface area contributed by atoms with Gasteiger partial charge in [-0.3, -0.25) is 29.0 Å². The third kappa shape index (κ3) is 6.72. The van der Waals surface area contributed by atoms with Crippen molar-refractivity contribution in [3.05, 3.63) is 94.6 Å². The van der Waals surface area contributed by atoms with Crippen LogP contribution in [0, 0.1) is 11.6 Å². The number of benzene rings is 4. The first-order valence-corrected chi connectivity index (χ1v) is 18.2. The Morgan fingerprint density at radius 3 is 1.14 bits per heavy atom. The zero-order valence-electron chi connectivity index (χ0n) is 29.0. The number of halogens is 2. The number of unbranched alkanes of at least 4 members (excludes halogenated alkanes) is 10. The molecule has 4 aromatic carbocycles. The summed E-state index contributed by atoms with van der Waals surface area (Å²) in [5, 5.41) is 0.524. The van der Waals surface area contributed by atoms with Crippen LogP contribution in [0.3, 0.4) is 0 Å². The van der Waals surface area contributed by atoms with Gasteiger partial charge in [0.15, 0.2) is 0 Å². The van der Waals surface area contributed by atoms with Gasteiger partial charge in [0, 0.05) is 35.0 Å². The average Bonchev–Trinajstić information content (AvgIpc) is 3.12. The van der Waals surface area contributed by atoms with Gasteiger partial charge < -0.3 is 0 Å². The molecule has 0 radical (unpaired) electrons. The van der Waals surface area contributed by atoms with Gasteiger partial charge in [0.1, 0.15) is 11.6 Å². The zero-order valence-corrected chi connectivity index (χ0v) is 29.0. The molecule has 2 heterocycles. The number of hydrogen-bond donors (Lipinski definition) is 0. The molecular weight excluding hydrogens is 634 g/mol. The van der Waals surface area contributed by atoms with Crippen molar-refractivity contribution in [1.82, 2.24) is 9.80 Å². The minimum Gasteiger partial charge on any atom is -0.274 e. The molecule has 6 rings (SSSR count). The predicted octanol–water partition coefficient (Wildman–Crippen LogP) is 10.4. The lowest BCUT2D eigenvalue weighted by molar-refractivity contribution is 0.0587. The standard InChI is InChI=1S/C42H44F2N2O4/c1-3-5-7-9-11-13-23-45-39(47)33-25-32(28-17-21-30(44)22-18-28)38-36-34(40(48)46(42(38)50)24-14-12-10-8-6-4-2)26-31(37(35(33)36)41(45)49)27-15-19-29(43)20-16-27/h15-22,25-26H,3-14,23-24H2,1-2H3. The third-order valence-electron chi connectivity index (χ3n) is 10.1. The summed E-state index contributed by atoms with van der Waals surface area (Å²) in [5.74, 6) is -2.90. The lowest BCUT2D eigenvalue weighted by Gasteiger charge is -2.34. The van der Waals surface area contributed by atoms with Crippen molar-refractivity contribution >= 4 is 34.4 Å². The number of imide groups is 2. The fourth-order valence-electron chi connectivity index (χ4n) is 7.38. The fraction of sp³-hybridized carbons (Fsp3) is 0.381. The number of amides is 4. The van der Waals surface area contributed by atoms with E-state index in [-0.39, 0.29) is 46.1 Å². The highest BCUT2D eigenvalue weighted by molar-refractivity contribution is 6.36. The second-order valence-electron chi connectivity index (χ2n) is 13.5. The summed E-state index contributed by atoms with van der Waals surface area (Å²) in [6.45, 7) is 4.72. The van der Waals surface area contributed by atoms with Crippen molar-refractivity contribution in [1.29, 1.82) is 0 Å². The van der Waals surface area contributed by atoms with Crippen molar-refractivity contribution < 1.29 is 28.0 Å². The molecule has 50 heavy (non-hydrogen) atoms. The first kappa shape index (κ1) is 35.1. The Balaban J connectivity index is 1.54. The largest absolute Gasteiger partial charge is 0.274 e. The van der Waals surface area contributed by atoms with Crippen LogP contribution in [0.2, 0.25) is 0 Å². The van der Waals surface area contributed by atoms with E-state index in [9.17, 15) is 28.0 Å². The Hall–Kier alpha value is -4.72. The molecule has 260 valence electrons. The van der Waals surface area contributed by atoms with Crippen LogP contribution in [0.5, 0.6) is 0 Å². The highest BCUT2D eigenvalue weighted by Gasteiger charge is 2.42. The highest BCUT2D eigenvalue weighted by atomic mass is 19.1. The summed E-state index contributed by atoms with van der Waals surface area (Å²) in [4.78, 5) is 60.1. The lowest BCUT2D eigenvalue weighted by atomic mass is 9.79. The minimum atomic E-state index is -0.503. The Kier molecular flexibility index (Phi) is 10.8. The smallest absolute Gasteiger partial charge is 0.262 e. The molecule has 2 aliphatic heterocycles. The SMILES string of the molecule is CCCCCCCCN1C(=O)c2cc(-c3ccc(F)cc3)c3c4c(cc(-c5ccc(F)cc5)c(c24)C1=O)C(=O)N(CCCCCCCC)C3=O. The van der Waals surface area contributed by atoms with Gasteiger partial charge in [-0.2, -0.15) is 0 Å². The fourth-order valence-corrected chi connectivity index (χ4v) is 7.38. The second-order valence-corrected chi connectivity index (χ2v) is 13.5. The van der Waals surface area contributed by atoms with Gasteiger partial charge in [-0.15, -0.1) is 0 Å². The summed E-state index contributed by atoms with van der Waals surface area (Å²) < 4.78 is 28.2. The third-order valence-corrected chi connectivity index (χ3v) is 10.1. The molecule has 4 aromatic rings. The van der Waals surface area contributed by atoms with Gasteiger partial charge in [-0.25, -0.2) is 8.78 Å². The maximum atomic E-state index is 14.4. The van der Waals surface area contributed by atoms with Crippen LogP contribution < -0.4 is 0 Å². The molecule has 0 N–H and O–H groups in total. The summed E-state index contributed by atoms with van der Waals surface area (Å²) in [7, 11) is 0. The summed E-state index contributed by atoms with van der Waals surface area (Å²) in [6, 6.07) is 14.7. The molecule has 0 bridgehead atoms. The normalized spacial score (nSPS) is 14.0. The number of hydrogen-bond acceptors (Lipinski definition) is 4. The van der Waals surface area contributed by atoms with Crippen LogP contribution in [0.15, 0.2) is 60.7 Å². The zero-order chi connectivity index (χ0) is 35.4. The van der Waals surface area contributed by atoms with E-state index < -0.39 is 35.3 Å². The summed E-state index contributed by atoms with van der Waals surface area (Å²) >= 11 is 0. The van der Waals surface area contributed by atoms with E-state index in [1.807, 2.05) is 0 Å². The second kappa shape index (κ2) is 15.4. The molecule has 0 aliphatic carbocycles. The molecule has 4 amide bonds. The maximum Gasteiger partial charge on any atom is 0.262 e. The van der Waals surface area contributed by atoms with E-state index in [0.29, 0.717) is 35.1 Å². The van der Waals surface area contributed by atoms with E-state index in [1.165, 1.54) is 34.1 Å². The van der Waals surface area contributed by atoms with Crippen LogP contribution in [-0.2, 0) is 0 Å². The van der Waals surface area contributed by atoms with E-state index in [0.717, 1.165) is 64.2 Å². The maximum absolute atomic E-state index is 14.4. The van der Waals surface area contributed by atoms with Gasteiger partial charge in [0.05, 0.1) is 11.1 Å². The van der Waals surface area contributed by atoms with E-state index in [1.54, 1.807) is 36.4 Å². The van der Waals surface area contributed by atoms with Crippen LogP contribution in [0.4, 0.5) is 8.78 Å². The molecule has 2 aliphatic rings. The Morgan fingerprint density at radius 1 is 0.440 bits per heavy atom. The van der Waals surface area contributed by atoms with Crippen molar-refractivity contribution in [2.24, 2.45) is 0 Å². The highest BCUT2D eigenvalue weighted by Crippen LogP contribution is 2.46. The van der Waals surface area contributed by atoms with E-state index >= 15 is 0 Å². The van der Waals surface area contributed by atoms with Gasteiger partial charge >= 0.3 is 0 Å². The predicted molar refractivity (Wildman–Crippen MR) is 192 cm³/mol. The first-order chi connectivity index (χ1) is 24.3. The molecule has 0 spiro atoms. The molecule has 0 aromatic heterocycles. The number of nitrogens with zero attached hydrogens (tertiary/aromatic N) is 2.